The molecule has 1 aliphatic carbocycles. The van der Waals surface area contributed by atoms with Crippen LogP contribution in [-0.4, -0.2) is 28.2 Å². The highest BCUT2D eigenvalue weighted by atomic mass is 16.5. The van der Waals surface area contributed by atoms with Crippen LogP contribution in [0.25, 0.3) is 0 Å². The molecule has 1 saturated carbocycles. The Morgan fingerprint density at radius 2 is 2.12 bits per heavy atom. The lowest BCUT2D eigenvalue weighted by atomic mass is 10.0. The molecule has 2 aromatic rings. The molecule has 0 aromatic carbocycles. The number of aliphatic hydroxyl groups is 1. The van der Waals surface area contributed by atoms with Gasteiger partial charge in [0.2, 0.25) is 5.88 Å². The normalized spacial score (nSPS) is 17.6. The van der Waals surface area contributed by atoms with Crippen molar-refractivity contribution < 1.29 is 14.3 Å². The molecule has 2 N–H and O–H groups in total. The monoisotopic (exact) mass is 331 g/mol. The molecular weight excluding hydrogens is 306 g/mol. The molecule has 6 nitrogen and oxygen atoms in total. The fourth-order valence-corrected chi connectivity index (χ4v) is 2.96. The first-order valence-corrected chi connectivity index (χ1v) is 8.51. The van der Waals surface area contributed by atoms with Crippen LogP contribution in [0.1, 0.15) is 44.1 Å². The van der Waals surface area contributed by atoms with Gasteiger partial charge in [0.1, 0.15) is 22.9 Å². The standard InChI is InChI=1S/C18H25N3O3/c1-13-7-8-15(24-13)18(2,22)12-20-16-9-19-10-17(21-16)23-11-14-5-3-4-6-14/h7-10,14,22H,3-6,11-12H2,1-2H3,(H,20,21). The van der Waals surface area contributed by atoms with Crippen LogP contribution in [0.2, 0.25) is 0 Å². The highest BCUT2D eigenvalue weighted by Gasteiger charge is 2.26. The summed E-state index contributed by atoms with van der Waals surface area (Å²) in [4.78, 5) is 8.55. The summed E-state index contributed by atoms with van der Waals surface area (Å²) >= 11 is 0. The Morgan fingerprint density at radius 1 is 1.33 bits per heavy atom. The average molecular weight is 331 g/mol. The van der Waals surface area contributed by atoms with Gasteiger partial charge in [-0.1, -0.05) is 12.8 Å². The molecule has 1 fully saturated rings. The van der Waals surface area contributed by atoms with Gasteiger partial charge in [0.25, 0.3) is 0 Å². The smallest absolute Gasteiger partial charge is 0.234 e. The van der Waals surface area contributed by atoms with Crippen molar-refractivity contribution in [2.24, 2.45) is 5.92 Å². The van der Waals surface area contributed by atoms with Crippen molar-refractivity contribution in [3.63, 3.8) is 0 Å². The van der Waals surface area contributed by atoms with E-state index < -0.39 is 5.60 Å². The summed E-state index contributed by atoms with van der Waals surface area (Å²) in [5.41, 5.74) is -1.13. The zero-order valence-electron chi connectivity index (χ0n) is 14.3. The van der Waals surface area contributed by atoms with E-state index in [9.17, 15) is 5.11 Å². The number of furan rings is 1. The van der Waals surface area contributed by atoms with Gasteiger partial charge in [0, 0.05) is 0 Å². The van der Waals surface area contributed by atoms with Crippen molar-refractivity contribution >= 4 is 5.82 Å². The minimum absolute atomic E-state index is 0.265. The highest BCUT2D eigenvalue weighted by Crippen LogP contribution is 2.26. The average Bonchev–Trinajstić information content (AvgIpc) is 3.23. The lowest BCUT2D eigenvalue weighted by Crippen LogP contribution is -2.30. The maximum atomic E-state index is 10.5. The van der Waals surface area contributed by atoms with Crippen LogP contribution in [-0.2, 0) is 5.60 Å². The van der Waals surface area contributed by atoms with Gasteiger partial charge in [-0.25, -0.2) is 0 Å². The molecule has 0 aliphatic heterocycles. The second-order valence-corrected chi connectivity index (χ2v) is 6.74. The maximum absolute atomic E-state index is 10.5. The van der Waals surface area contributed by atoms with E-state index in [4.69, 9.17) is 9.15 Å². The number of nitrogens with zero attached hydrogens (tertiary/aromatic N) is 2. The predicted octanol–water partition coefficient (Wildman–Crippen LogP) is 3.27. The molecule has 24 heavy (non-hydrogen) atoms. The summed E-state index contributed by atoms with van der Waals surface area (Å²) in [5, 5.41) is 13.6. The Balaban J connectivity index is 1.55. The van der Waals surface area contributed by atoms with E-state index in [0.29, 0.717) is 30.0 Å². The first-order chi connectivity index (χ1) is 11.5. The Hall–Kier alpha value is -2.08. The molecular formula is C18H25N3O3. The molecule has 1 aliphatic rings. The van der Waals surface area contributed by atoms with Crippen LogP contribution in [0.15, 0.2) is 28.9 Å². The summed E-state index contributed by atoms with van der Waals surface area (Å²) in [6.45, 7) is 4.51. The zero-order chi connectivity index (χ0) is 17.0. The quantitative estimate of drug-likeness (QED) is 0.810. The van der Waals surface area contributed by atoms with E-state index in [2.05, 4.69) is 15.3 Å². The summed E-state index contributed by atoms with van der Waals surface area (Å²) in [6, 6.07) is 3.62. The highest BCUT2D eigenvalue weighted by molar-refractivity contribution is 5.34. The van der Waals surface area contributed by atoms with Crippen molar-refractivity contribution in [2.75, 3.05) is 18.5 Å². The van der Waals surface area contributed by atoms with Crippen LogP contribution in [0, 0.1) is 12.8 Å². The summed E-state index contributed by atoms with van der Waals surface area (Å²) < 4.78 is 11.3. The number of aryl methyl sites for hydroxylation is 1. The van der Waals surface area contributed by atoms with Gasteiger partial charge in [-0.2, -0.15) is 4.98 Å². The van der Waals surface area contributed by atoms with Crippen LogP contribution >= 0.6 is 0 Å². The zero-order valence-corrected chi connectivity index (χ0v) is 14.3. The minimum atomic E-state index is -1.13. The molecule has 1 unspecified atom stereocenters. The fraction of sp³-hybridized carbons (Fsp3) is 0.556. The largest absolute Gasteiger partial charge is 0.476 e. The van der Waals surface area contributed by atoms with Crippen LogP contribution in [0.5, 0.6) is 5.88 Å². The van der Waals surface area contributed by atoms with E-state index >= 15 is 0 Å². The van der Waals surface area contributed by atoms with Crippen LogP contribution in [0.4, 0.5) is 5.82 Å². The molecule has 0 amide bonds. The fourth-order valence-electron chi connectivity index (χ4n) is 2.96. The molecule has 0 radical (unpaired) electrons. The third-order valence-electron chi connectivity index (χ3n) is 4.44. The Labute approximate surface area is 142 Å². The molecule has 6 heteroatoms. The van der Waals surface area contributed by atoms with E-state index in [0.717, 1.165) is 5.76 Å². The minimum Gasteiger partial charge on any atom is -0.476 e. The van der Waals surface area contributed by atoms with E-state index in [1.54, 1.807) is 25.4 Å². The molecule has 0 saturated heterocycles. The Bertz CT molecular complexity index is 663. The SMILES string of the molecule is Cc1ccc(C(C)(O)CNc2cncc(OCC3CCCC3)n2)o1. The molecule has 2 heterocycles. The Kier molecular flexibility index (Phi) is 5.04. The molecule has 0 bridgehead atoms. The topological polar surface area (TPSA) is 80.4 Å². The van der Waals surface area contributed by atoms with Gasteiger partial charge in [0.15, 0.2) is 0 Å². The third-order valence-corrected chi connectivity index (χ3v) is 4.44. The van der Waals surface area contributed by atoms with E-state index in [-0.39, 0.29) is 6.54 Å². The number of aromatic nitrogens is 2. The number of hydrogen-bond donors (Lipinski definition) is 2. The molecule has 130 valence electrons. The van der Waals surface area contributed by atoms with E-state index in [1.165, 1.54) is 25.7 Å². The first-order valence-electron chi connectivity index (χ1n) is 8.51. The Morgan fingerprint density at radius 3 is 2.83 bits per heavy atom. The van der Waals surface area contributed by atoms with Crippen molar-refractivity contribution in [1.82, 2.24) is 9.97 Å². The number of rotatable bonds is 7. The third kappa shape index (κ3) is 4.26. The van der Waals surface area contributed by atoms with Crippen molar-refractivity contribution in [3.8, 4) is 5.88 Å². The first kappa shape index (κ1) is 16.8. The number of anilines is 1. The van der Waals surface area contributed by atoms with Crippen molar-refractivity contribution in [3.05, 3.63) is 36.0 Å². The lowest BCUT2D eigenvalue weighted by Gasteiger charge is -2.21. The predicted molar refractivity (Wildman–Crippen MR) is 91.0 cm³/mol. The number of nitrogens with one attached hydrogen (secondary N) is 1. The van der Waals surface area contributed by atoms with Gasteiger partial charge >= 0.3 is 0 Å². The second-order valence-electron chi connectivity index (χ2n) is 6.74. The molecule has 0 spiro atoms. The van der Waals surface area contributed by atoms with E-state index in [1.807, 2.05) is 13.0 Å². The van der Waals surface area contributed by atoms with Gasteiger partial charge in [0.05, 0.1) is 25.5 Å². The summed E-state index contributed by atoms with van der Waals surface area (Å²) in [6.07, 6.45) is 8.29. The molecule has 1 atom stereocenters. The molecule has 2 aromatic heterocycles. The van der Waals surface area contributed by atoms with Gasteiger partial charge in [-0.3, -0.25) is 4.98 Å². The lowest BCUT2D eigenvalue weighted by molar-refractivity contribution is 0.0467. The van der Waals surface area contributed by atoms with Crippen molar-refractivity contribution in [1.29, 1.82) is 0 Å². The van der Waals surface area contributed by atoms with Gasteiger partial charge in [-0.05, 0) is 44.7 Å². The maximum Gasteiger partial charge on any atom is 0.234 e. The summed E-state index contributed by atoms with van der Waals surface area (Å²) in [5.74, 6) is 3.01. The molecule has 3 rings (SSSR count). The number of ether oxygens (including phenoxy) is 1. The van der Waals surface area contributed by atoms with Gasteiger partial charge < -0.3 is 19.6 Å². The van der Waals surface area contributed by atoms with Crippen molar-refractivity contribution in [2.45, 2.75) is 45.1 Å². The van der Waals surface area contributed by atoms with Gasteiger partial charge in [-0.15, -0.1) is 0 Å². The van der Waals surface area contributed by atoms with Crippen LogP contribution < -0.4 is 10.1 Å². The number of hydrogen-bond acceptors (Lipinski definition) is 6. The second kappa shape index (κ2) is 7.21. The summed E-state index contributed by atoms with van der Waals surface area (Å²) in [7, 11) is 0. The van der Waals surface area contributed by atoms with Crippen LogP contribution in [0.3, 0.4) is 0 Å².